The SMILES string of the molecule is CCOC(C)([N+](C)(C)CC(O)CCl)[N+](C)(C)CC(O)CCl.[Cl-].[Cl-]. The lowest BCUT2D eigenvalue weighted by Gasteiger charge is -2.53. The molecule has 0 amide bonds. The molecule has 5 nitrogen and oxygen atoms in total. The average molecular weight is 418 g/mol. The Morgan fingerprint density at radius 2 is 1.22 bits per heavy atom. The maximum Gasteiger partial charge on any atom is 0.338 e. The van der Waals surface area contributed by atoms with E-state index in [4.69, 9.17) is 27.9 Å². The van der Waals surface area contributed by atoms with Crippen molar-refractivity contribution in [3.05, 3.63) is 0 Å². The van der Waals surface area contributed by atoms with Crippen LogP contribution in [-0.2, 0) is 4.74 Å². The maximum absolute atomic E-state index is 9.94. The predicted octanol–water partition coefficient (Wildman–Crippen LogP) is -4.94. The smallest absolute Gasteiger partial charge is 0.338 e. The lowest BCUT2D eigenvalue weighted by atomic mass is 10.2. The van der Waals surface area contributed by atoms with Crippen LogP contribution in [0.15, 0.2) is 0 Å². The molecule has 144 valence electrons. The van der Waals surface area contributed by atoms with Crippen molar-refractivity contribution in [1.82, 2.24) is 0 Å². The summed E-state index contributed by atoms with van der Waals surface area (Å²) in [5.41, 5.74) is 0. The van der Waals surface area contributed by atoms with Crippen molar-refractivity contribution in [3.63, 3.8) is 0 Å². The van der Waals surface area contributed by atoms with E-state index in [-0.39, 0.29) is 36.6 Å². The molecule has 0 heterocycles. The van der Waals surface area contributed by atoms with Gasteiger partial charge in [-0.05, 0) is 6.92 Å². The Balaban J connectivity index is -0.00000200. The van der Waals surface area contributed by atoms with Gasteiger partial charge in [-0.3, -0.25) is 4.74 Å². The van der Waals surface area contributed by atoms with Crippen molar-refractivity contribution >= 4 is 23.2 Å². The van der Waals surface area contributed by atoms with Gasteiger partial charge in [-0.15, -0.1) is 23.2 Å². The van der Waals surface area contributed by atoms with Gasteiger partial charge in [0, 0.05) is 0 Å². The minimum Gasteiger partial charge on any atom is -1.00 e. The number of aliphatic hydroxyl groups is 2. The van der Waals surface area contributed by atoms with E-state index >= 15 is 0 Å². The summed E-state index contributed by atoms with van der Waals surface area (Å²) in [6, 6.07) is 0. The number of rotatable bonds is 10. The van der Waals surface area contributed by atoms with Gasteiger partial charge in [0.2, 0.25) is 0 Å². The van der Waals surface area contributed by atoms with Gasteiger partial charge in [-0.2, -0.15) is 0 Å². The van der Waals surface area contributed by atoms with E-state index in [1.165, 1.54) is 0 Å². The Hall–Kier alpha value is 0.960. The van der Waals surface area contributed by atoms with Crippen LogP contribution in [0.3, 0.4) is 0 Å². The molecule has 0 saturated carbocycles. The first-order valence-corrected chi connectivity index (χ1v) is 8.32. The van der Waals surface area contributed by atoms with Gasteiger partial charge in [0.1, 0.15) is 25.3 Å². The molecule has 0 bridgehead atoms. The van der Waals surface area contributed by atoms with E-state index in [0.29, 0.717) is 28.7 Å². The van der Waals surface area contributed by atoms with Crippen LogP contribution in [0.2, 0.25) is 0 Å². The fourth-order valence-corrected chi connectivity index (χ4v) is 3.04. The summed E-state index contributed by atoms with van der Waals surface area (Å²) >= 11 is 11.5. The second kappa shape index (κ2) is 11.6. The largest absolute Gasteiger partial charge is 1.00 e. The zero-order chi connectivity index (χ0) is 16.9. The van der Waals surface area contributed by atoms with Gasteiger partial charge >= 0.3 is 5.85 Å². The van der Waals surface area contributed by atoms with Crippen molar-refractivity contribution in [2.45, 2.75) is 31.9 Å². The molecule has 0 aliphatic carbocycles. The monoisotopic (exact) mass is 416 g/mol. The molecule has 9 heteroatoms. The molecular weight excluding hydrogens is 386 g/mol. The van der Waals surface area contributed by atoms with Crippen LogP contribution >= 0.6 is 23.2 Å². The lowest BCUT2D eigenvalue weighted by Crippen LogP contribution is -3.00. The molecule has 23 heavy (non-hydrogen) atoms. The van der Waals surface area contributed by atoms with Crippen LogP contribution in [-0.4, -0.2) is 96.9 Å². The Kier molecular flexibility index (Phi) is 14.4. The van der Waals surface area contributed by atoms with E-state index in [1.54, 1.807) is 0 Å². The van der Waals surface area contributed by atoms with Crippen molar-refractivity contribution in [2.24, 2.45) is 0 Å². The number of quaternary nitrogens is 2. The predicted molar refractivity (Wildman–Crippen MR) is 87.4 cm³/mol. The number of halogens is 4. The average Bonchev–Trinajstić information content (AvgIpc) is 2.37. The molecule has 0 rings (SSSR count). The molecular formula is C14H32Cl4N2O3. The quantitative estimate of drug-likeness (QED) is 0.213. The summed E-state index contributed by atoms with van der Waals surface area (Å²) in [5.74, 6) is -0.294. The minimum atomic E-state index is -0.658. The number of likely N-dealkylation sites (N-methyl/N-ethyl adjacent to an activating group) is 2. The summed E-state index contributed by atoms with van der Waals surface area (Å²) < 4.78 is 6.91. The molecule has 2 atom stereocenters. The topological polar surface area (TPSA) is 49.7 Å². The number of hydrogen-bond acceptors (Lipinski definition) is 3. The second-order valence-electron chi connectivity index (χ2n) is 6.72. The summed E-state index contributed by atoms with van der Waals surface area (Å²) in [4.78, 5) is 0. The third-order valence-corrected chi connectivity index (χ3v) is 5.07. The highest BCUT2D eigenvalue weighted by atomic mass is 35.5. The zero-order valence-electron chi connectivity index (χ0n) is 14.9. The van der Waals surface area contributed by atoms with Crippen molar-refractivity contribution < 1.29 is 48.7 Å². The Morgan fingerprint density at radius 3 is 1.43 bits per heavy atom. The minimum absolute atomic E-state index is 0. The first kappa shape index (κ1) is 28.8. The van der Waals surface area contributed by atoms with Gasteiger partial charge in [0.05, 0.1) is 53.5 Å². The molecule has 0 aromatic carbocycles. The van der Waals surface area contributed by atoms with Gasteiger partial charge in [-0.25, -0.2) is 8.97 Å². The van der Waals surface area contributed by atoms with Gasteiger partial charge < -0.3 is 35.0 Å². The van der Waals surface area contributed by atoms with Crippen LogP contribution in [0.1, 0.15) is 13.8 Å². The summed E-state index contributed by atoms with van der Waals surface area (Å²) in [5, 5.41) is 19.9. The third-order valence-electron chi connectivity index (χ3n) is 4.35. The van der Waals surface area contributed by atoms with E-state index < -0.39 is 18.1 Å². The molecule has 0 saturated heterocycles. The number of aliphatic hydroxyl groups excluding tert-OH is 2. The van der Waals surface area contributed by atoms with Crippen molar-refractivity contribution in [2.75, 3.05) is 59.6 Å². The van der Waals surface area contributed by atoms with E-state index in [1.807, 2.05) is 42.0 Å². The summed E-state index contributed by atoms with van der Waals surface area (Å²) in [6.45, 7) is 5.39. The molecule has 0 radical (unpaired) electrons. The molecule has 0 aromatic heterocycles. The Labute approximate surface area is 163 Å². The fourth-order valence-electron chi connectivity index (χ4n) is 2.85. The second-order valence-corrected chi connectivity index (χ2v) is 7.34. The van der Waals surface area contributed by atoms with Crippen LogP contribution in [0.5, 0.6) is 0 Å². The fraction of sp³-hybridized carbons (Fsp3) is 1.00. The highest BCUT2D eigenvalue weighted by Gasteiger charge is 2.56. The molecule has 0 spiro atoms. The number of alkyl halides is 2. The molecule has 0 fully saturated rings. The van der Waals surface area contributed by atoms with E-state index in [0.717, 1.165) is 0 Å². The normalized spacial score (nSPS) is 17.5. The first-order valence-electron chi connectivity index (χ1n) is 7.25. The van der Waals surface area contributed by atoms with E-state index in [2.05, 4.69) is 0 Å². The zero-order valence-corrected chi connectivity index (χ0v) is 17.9. The van der Waals surface area contributed by atoms with Gasteiger partial charge in [0.15, 0.2) is 0 Å². The molecule has 0 aliphatic rings. The number of ether oxygens (including phenoxy) is 1. The Bertz CT molecular complexity index is 296. The number of nitrogens with zero attached hydrogens (tertiary/aromatic N) is 2. The summed E-state index contributed by atoms with van der Waals surface area (Å²) in [6.07, 6.45) is -1.22. The molecule has 2 N–H and O–H groups in total. The van der Waals surface area contributed by atoms with Crippen LogP contribution in [0.4, 0.5) is 0 Å². The maximum atomic E-state index is 9.94. The highest BCUT2D eigenvalue weighted by Crippen LogP contribution is 2.32. The van der Waals surface area contributed by atoms with Crippen LogP contribution in [0.25, 0.3) is 0 Å². The molecule has 0 aromatic rings. The number of hydrogen-bond donors (Lipinski definition) is 2. The lowest BCUT2D eigenvalue weighted by molar-refractivity contribution is -1.17. The Morgan fingerprint density at radius 1 is 0.913 bits per heavy atom. The van der Waals surface area contributed by atoms with Gasteiger partial charge in [-0.1, -0.05) is 0 Å². The van der Waals surface area contributed by atoms with Crippen molar-refractivity contribution in [3.8, 4) is 0 Å². The van der Waals surface area contributed by atoms with Gasteiger partial charge in [0.25, 0.3) is 0 Å². The van der Waals surface area contributed by atoms with Crippen molar-refractivity contribution in [1.29, 1.82) is 0 Å². The summed E-state index contributed by atoms with van der Waals surface area (Å²) in [7, 11) is 7.99. The standard InChI is InChI=1S/C14H32Cl2N2O3.2ClH/c1-7-21-14(2,17(3,4)10-12(19)8-15)18(5,6)11-13(20)9-16;;/h12-13,19-20H,7-11H2,1-6H3;2*1H/q+2;;/p-2. The van der Waals surface area contributed by atoms with E-state index in [9.17, 15) is 10.2 Å². The molecule has 2 unspecified atom stereocenters. The first-order chi connectivity index (χ1) is 9.47. The molecule has 0 aliphatic heterocycles. The third kappa shape index (κ3) is 7.38. The van der Waals surface area contributed by atoms with Crippen LogP contribution in [0, 0.1) is 0 Å². The highest BCUT2D eigenvalue weighted by molar-refractivity contribution is 6.18. The van der Waals surface area contributed by atoms with Crippen LogP contribution < -0.4 is 24.8 Å².